The van der Waals surface area contributed by atoms with E-state index in [1.165, 1.54) is 0 Å². The van der Waals surface area contributed by atoms with Crippen LogP contribution >= 0.6 is 0 Å². The van der Waals surface area contributed by atoms with E-state index in [4.69, 9.17) is 33.2 Å². The second kappa shape index (κ2) is 8.60. The summed E-state index contributed by atoms with van der Waals surface area (Å²) >= 11 is 0. The van der Waals surface area contributed by atoms with Gasteiger partial charge in [0.25, 0.3) is 0 Å². The summed E-state index contributed by atoms with van der Waals surface area (Å²) in [5, 5.41) is 0. The molecule has 0 unspecified atom stereocenters. The fourth-order valence-electron chi connectivity index (χ4n) is 5.03. The van der Waals surface area contributed by atoms with Gasteiger partial charge in [0.05, 0.1) is 34.5 Å². The highest BCUT2D eigenvalue weighted by molar-refractivity contribution is 5.62. The number of hydrogen-bond donors (Lipinski definition) is 0. The highest BCUT2D eigenvalue weighted by Gasteiger charge is 2.42. The first-order valence-electron chi connectivity index (χ1n) is 10.9. The van der Waals surface area contributed by atoms with Crippen LogP contribution in [0.3, 0.4) is 0 Å². The molecule has 8 nitrogen and oxygen atoms in total. The van der Waals surface area contributed by atoms with Crippen molar-refractivity contribution in [3.63, 3.8) is 0 Å². The Morgan fingerprint density at radius 2 is 1.56 bits per heavy atom. The largest absolute Gasteiger partial charge is 0.493 e. The molecule has 2 aromatic carbocycles. The lowest BCUT2D eigenvalue weighted by molar-refractivity contribution is -0.0785. The second-order valence-corrected chi connectivity index (χ2v) is 8.16. The Balaban J connectivity index is 1.66. The minimum Gasteiger partial charge on any atom is -0.493 e. The Labute approximate surface area is 187 Å². The maximum atomic E-state index is 6.57. The Morgan fingerprint density at radius 3 is 2.25 bits per heavy atom. The molecule has 0 aliphatic carbocycles. The molecule has 32 heavy (non-hydrogen) atoms. The fourth-order valence-corrected chi connectivity index (χ4v) is 5.03. The first-order valence-corrected chi connectivity index (χ1v) is 10.9. The summed E-state index contributed by atoms with van der Waals surface area (Å²) in [5.41, 5.74) is 2.05. The lowest BCUT2D eigenvalue weighted by atomic mass is 9.77. The molecule has 0 amide bonds. The maximum Gasteiger partial charge on any atom is 0.231 e. The molecular weight excluding hydrogens is 414 g/mol. The van der Waals surface area contributed by atoms with Crippen LogP contribution in [0.5, 0.6) is 34.5 Å². The van der Waals surface area contributed by atoms with E-state index in [0.717, 1.165) is 35.7 Å². The zero-order valence-electron chi connectivity index (χ0n) is 18.9. The number of nitrogens with zero attached hydrogens (tertiary/aromatic N) is 1. The summed E-state index contributed by atoms with van der Waals surface area (Å²) in [7, 11) is 4.91. The number of rotatable bonds is 5. The first-order chi connectivity index (χ1) is 15.7. The summed E-state index contributed by atoms with van der Waals surface area (Å²) in [6.07, 6.45) is -0.116. The van der Waals surface area contributed by atoms with Crippen molar-refractivity contribution in [1.82, 2.24) is 4.90 Å². The van der Waals surface area contributed by atoms with Crippen molar-refractivity contribution in [2.75, 3.05) is 54.4 Å². The molecule has 2 aromatic rings. The number of hydrogen-bond acceptors (Lipinski definition) is 8. The van der Waals surface area contributed by atoms with E-state index < -0.39 is 0 Å². The van der Waals surface area contributed by atoms with Crippen molar-refractivity contribution in [3.05, 3.63) is 35.4 Å². The quantitative estimate of drug-likeness (QED) is 0.698. The molecule has 0 bridgehead atoms. The van der Waals surface area contributed by atoms with Crippen LogP contribution in [0, 0.1) is 5.92 Å². The van der Waals surface area contributed by atoms with Gasteiger partial charge in [-0.1, -0.05) is 13.0 Å². The fraction of sp³-hybridized carbons (Fsp3) is 0.500. The van der Waals surface area contributed by atoms with Crippen LogP contribution in [-0.2, 0) is 4.74 Å². The van der Waals surface area contributed by atoms with Crippen molar-refractivity contribution in [2.24, 2.45) is 5.92 Å². The van der Waals surface area contributed by atoms with Gasteiger partial charge in [-0.3, -0.25) is 4.90 Å². The van der Waals surface area contributed by atoms with E-state index in [0.29, 0.717) is 36.2 Å². The zero-order valence-corrected chi connectivity index (χ0v) is 18.9. The third-order valence-electron chi connectivity index (χ3n) is 6.54. The summed E-state index contributed by atoms with van der Waals surface area (Å²) in [6.45, 7) is 5.48. The van der Waals surface area contributed by atoms with Gasteiger partial charge in [-0.15, -0.1) is 0 Å². The molecule has 0 radical (unpaired) electrons. The topological polar surface area (TPSA) is 67.9 Å². The van der Waals surface area contributed by atoms with Crippen LogP contribution in [0.1, 0.15) is 24.0 Å². The van der Waals surface area contributed by atoms with Crippen molar-refractivity contribution >= 4 is 0 Å². The maximum absolute atomic E-state index is 6.57. The van der Waals surface area contributed by atoms with Gasteiger partial charge in [0, 0.05) is 42.1 Å². The van der Waals surface area contributed by atoms with E-state index in [1.54, 1.807) is 21.3 Å². The molecule has 1 fully saturated rings. The van der Waals surface area contributed by atoms with E-state index in [2.05, 4.69) is 17.9 Å². The summed E-state index contributed by atoms with van der Waals surface area (Å²) in [5.74, 6) is 4.20. The van der Waals surface area contributed by atoms with E-state index >= 15 is 0 Å². The van der Waals surface area contributed by atoms with Crippen LogP contribution in [0.15, 0.2) is 24.3 Å². The van der Waals surface area contributed by atoms with Gasteiger partial charge < -0.3 is 33.2 Å². The summed E-state index contributed by atoms with van der Waals surface area (Å²) in [6, 6.07) is 7.95. The Morgan fingerprint density at radius 1 is 0.844 bits per heavy atom. The Bertz CT molecular complexity index is 989. The second-order valence-electron chi connectivity index (χ2n) is 8.16. The average molecular weight is 443 g/mol. The van der Waals surface area contributed by atoms with E-state index in [1.807, 2.05) is 18.2 Å². The van der Waals surface area contributed by atoms with Crippen LogP contribution in [0.25, 0.3) is 0 Å². The van der Waals surface area contributed by atoms with Gasteiger partial charge >= 0.3 is 0 Å². The molecule has 3 aliphatic rings. The van der Waals surface area contributed by atoms with Gasteiger partial charge in [-0.05, 0) is 12.1 Å². The van der Waals surface area contributed by atoms with Gasteiger partial charge in [-0.25, -0.2) is 0 Å². The van der Waals surface area contributed by atoms with Crippen LogP contribution in [-0.4, -0.2) is 65.6 Å². The average Bonchev–Trinajstić information content (AvgIpc) is 3.29. The van der Waals surface area contributed by atoms with Gasteiger partial charge in [0.2, 0.25) is 12.5 Å². The lowest BCUT2D eigenvalue weighted by Gasteiger charge is -2.44. The van der Waals surface area contributed by atoms with Crippen molar-refractivity contribution in [3.8, 4) is 34.5 Å². The molecular formula is C24H29NO7. The van der Waals surface area contributed by atoms with Crippen molar-refractivity contribution in [2.45, 2.75) is 19.1 Å². The molecule has 172 valence electrons. The van der Waals surface area contributed by atoms with Crippen LogP contribution < -0.4 is 28.4 Å². The van der Waals surface area contributed by atoms with Crippen LogP contribution in [0.4, 0.5) is 0 Å². The third-order valence-corrected chi connectivity index (χ3v) is 6.54. The molecule has 0 aromatic heterocycles. The standard InChI is InChI=1S/C24H29NO7/c1-14-21(15-5-6-17(26-2)23(28-4)22(15)27-3)16-11-19-20(31-13-30-19)12-18(16)32-24(14)25-7-9-29-10-8-25/h5-6,11-12,14,21,24H,7-10,13H2,1-4H3/t14-,21+,24-/m0/s1. The molecule has 0 spiro atoms. The van der Waals surface area contributed by atoms with Gasteiger partial charge in [0.15, 0.2) is 29.2 Å². The smallest absolute Gasteiger partial charge is 0.231 e. The zero-order chi connectivity index (χ0) is 22.2. The first kappa shape index (κ1) is 21.0. The predicted octanol–water partition coefficient (Wildman–Crippen LogP) is 3.26. The highest BCUT2D eigenvalue weighted by Crippen LogP contribution is 2.53. The molecule has 3 atom stereocenters. The number of benzene rings is 2. The number of fused-ring (bicyclic) bond motifs is 2. The summed E-state index contributed by atoms with van der Waals surface area (Å²) in [4.78, 5) is 2.35. The molecule has 0 N–H and O–H groups in total. The van der Waals surface area contributed by atoms with E-state index in [-0.39, 0.29) is 24.9 Å². The SMILES string of the molecule is COc1ccc([C@@H]2c3cc4c(cc3O[C@H](N3CCOCC3)[C@H]2C)OCO4)c(OC)c1OC. The normalized spacial score (nSPS) is 24.4. The molecule has 3 aliphatic heterocycles. The summed E-state index contributed by atoms with van der Waals surface area (Å²) < 4.78 is 40.5. The Kier molecular flexibility index (Phi) is 5.65. The number of methoxy groups -OCH3 is 3. The lowest BCUT2D eigenvalue weighted by Crippen LogP contribution is -2.52. The van der Waals surface area contributed by atoms with Crippen molar-refractivity contribution < 1.29 is 33.2 Å². The van der Waals surface area contributed by atoms with Crippen LogP contribution in [0.2, 0.25) is 0 Å². The Hall–Kier alpha value is -2.84. The third kappa shape index (κ3) is 3.38. The highest BCUT2D eigenvalue weighted by atomic mass is 16.7. The molecule has 5 rings (SSSR count). The van der Waals surface area contributed by atoms with Gasteiger partial charge in [0.1, 0.15) is 5.75 Å². The van der Waals surface area contributed by atoms with Crippen molar-refractivity contribution in [1.29, 1.82) is 0 Å². The molecule has 8 heteroatoms. The molecule has 0 saturated carbocycles. The number of morpholine rings is 1. The minimum atomic E-state index is -0.116. The van der Waals surface area contributed by atoms with Gasteiger partial charge in [-0.2, -0.15) is 0 Å². The number of ether oxygens (including phenoxy) is 7. The predicted molar refractivity (Wildman–Crippen MR) is 116 cm³/mol. The monoisotopic (exact) mass is 443 g/mol. The van der Waals surface area contributed by atoms with E-state index in [9.17, 15) is 0 Å². The minimum absolute atomic E-state index is 0.0177. The molecule has 3 heterocycles. The molecule has 1 saturated heterocycles.